The van der Waals surface area contributed by atoms with Gasteiger partial charge in [0.25, 0.3) is 17.4 Å². The number of hydrogen-bond donors (Lipinski definition) is 1. The van der Waals surface area contributed by atoms with Crippen LogP contribution in [0.2, 0.25) is 0 Å². The molecule has 4 rings (SSSR count). The van der Waals surface area contributed by atoms with E-state index in [1.54, 1.807) is 42.5 Å². The zero-order valence-electron chi connectivity index (χ0n) is 16.6. The van der Waals surface area contributed by atoms with E-state index < -0.39 is 0 Å². The summed E-state index contributed by atoms with van der Waals surface area (Å²) in [6, 6.07) is 13.1. The van der Waals surface area contributed by atoms with Crippen LogP contribution in [0.3, 0.4) is 0 Å². The Bertz CT molecular complexity index is 1150. The van der Waals surface area contributed by atoms with Crippen LogP contribution in [0.5, 0.6) is 0 Å². The molecule has 2 aromatic heterocycles. The maximum absolute atomic E-state index is 12.3. The number of benzene rings is 1. The molecule has 0 saturated heterocycles. The number of amides is 3. The predicted octanol–water partition coefficient (Wildman–Crippen LogP) is 1.70. The zero-order chi connectivity index (χ0) is 21.8. The molecule has 3 heterocycles. The second-order valence-electron chi connectivity index (χ2n) is 7.02. The van der Waals surface area contributed by atoms with E-state index in [1.165, 1.54) is 21.9 Å². The summed E-state index contributed by atoms with van der Waals surface area (Å²) in [7, 11) is 0. The first kappa shape index (κ1) is 20.3. The van der Waals surface area contributed by atoms with Crippen LogP contribution in [-0.4, -0.2) is 45.5 Å². The Hall–Kier alpha value is -4.01. The molecule has 0 aliphatic carbocycles. The van der Waals surface area contributed by atoms with E-state index in [1.807, 2.05) is 0 Å². The third kappa shape index (κ3) is 4.30. The highest BCUT2D eigenvalue weighted by molar-refractivity contribution is 6.21. The fraction of sp³-hybridized carbons (Fsp3) is 0.227. The van der Waals surface area contributed by atoms with Gasteiger partial charge in [0, 0.05) is 25.6 Å². The molecule has 1 aromatic carbocycles. The molecule has 31 heavy (non-hydrogen) atoms. The topological polar surface area (TPSA) is 115 Å². The molecule has 0 spiro atoms. The average molecular weight is 420 g/mol. The third-order valence-corrected chi connectivity index (χ3v) is 4.95. The third-order valence-electron chi connectivity index (χ3n) is 4.95. The van der Waals surface area contributed by atoms with Crippen molar-refractivity contribution >= 4 is 17.7 Å². The first-order valence-electron chi connectivity index (χ1n) is 9.88. The number of hydrogen-bond acceptors (Lipinski definition) is 6. The van der Waals surface area contributed by atoms with Crippen molar-refractivity contribution in [2.45, 2.75) is 19.4 Å². The second kappa shape index (κ2) is 8.78. The maximum atomic E-state index is 12.3. The number of rotatable bonds is 8. The van der Waals surface area contributed by atoms with Gasteiger partial charge >= 0.3 is 0 Å². The summed E-state index contributed by atoms with van der Waals surface area (Å²) in [4.78, 5) is 49.9. The molecule has 3 amide bonds. The zero-order valence-corrected chi connectivity index (χ0v) is 16.6. The molecular formula is C22H20N4O5. The standard InChI is InChI=1S/C22H20N4O5/c27-19(8-3-12-25-21(29)15-5-1-2-6-16(15)22(25)30)23-11-13-26-20(28)10-9-17(24-26)18-7-4-14-31-18/h1-2,4-7,9-10,14H,3,8,11-13H2,(H,23,27). The number of imide groups is 1. The van der Waals surface area contributed by atoms with Crippen molar-refractivity contribution in [3.05, 3.63) is 76.3 Å². The van der Waals surface area contributed by atoms with Crippen LogP contribution in [0.4, 0.5) is 0 Å². The van der Waals surface area contributed by atoms with E-state index in [0.29, 0.717) is 29.0 Å². The van der Waals surface area contributed by atoms with Crippen molar-refractivity contribution in [2.24, 2.45) is 0 Å². The summed E-state index contributed by atoms with van der Waals surface area (Å²) in [5.74, 6) is -0.344. The van der Waals surface area contributed by atoms with Gasteiger partial charge in [-0.1, -0.05) is 12.1 Å². The minimum absolute atomic E-state index is 0.155. The number of fused-ring (bicyclic) bond motifs is 1. The molecule has 0 radical (unpaired) electrons. The van der Waals surface area contributed by atoms with Crippen molar-refractivity contribution in [3.8, 4) is 11.5 Å². The lowest BCUT2D eigenvalue weighted by Crippen LogP contribution is -2.33. The number of carbonyl (C=O) groups excluding carboxylic acids is 3. The molecule has 9 nitrogen and oxygen atoms in total. The molecule has 158 valence electrons. The quantitative estimate of drug-likeness (QED) is 0.555. The molecule has 1 N–H and O–H groups in total. The summed E-state index contributed by atoms with van der Waals surface area (Å²) in [5.41, 5.74) is 1.03. The fourth-order valence-electron chi connectivity index (χ4n) is 3.39. The smallest absolute Gasteiger partial charge is 0.266 e. The van der Waals surface area contributed by atoms with Gasteiger partial charge in [0.1, 0.15) is 5.69 Å². The van der Waals surface area contributed by atoms with E-state index >= 15 is 0 Å². The molecular weight excluding hydrogens is 400 g/mol. The van der Waals surface area contributed by atoms with Gasteiger partial charge in [-0.3, -0.25) is 24.1 Å². The Morgan fingerprint density at radius 2 is 1.68 bits per heavy atom. The minimum Gasteiger partial charge on any atom is -0.463 e. The summed E-state index contributed by atoms with van der Waals surface area (Å²) >= 11 is 0. The normalized spacial score (nSPS) is 12.8. The van der Waals surface area contributed by atoms with Gasteiger partial charge in [-0.05, 0) is 36.8 Å². The highest BCUT2D eigenvalue weighted by Gasteiger charge is 2.34. The van der Waals surface area contributed by atoms with E-state index in [-0.39, 0.29) is 49.3 Å². The van der Waals surface area contributed by atoms with Gasteiger partial charge in [-0.15, -0.1) is 0 Å². The van der Waals surface area contributed by atoms with E-state index in [9.17, 15) is 19.2 Å². The summed E-state index contributed by atoms with van der Waals surface area (Å²) < 4.78 is 6.54. The van der Waals surface area contributed by atoms with E-state index in [0.717, 1.165) is 0 Å². The first-order chi connectivity index (χ1) is 15.0. The van der Waals surface area contributed by atoms with Crippen molar-refractivity contribution in [1.82, 2.24) is 20.0 Å². The monoisotopic (exact) mass is 420 g/mol. The van der Waals surface area contributed by atoms with Gasteiger partial charge in [-0.2, -0.15) is 5.10 Å². The van der Waals surface area contributed by atoms with Crippen molar-refractivity contribution < 1.29 is 18.8 Å². The van der Waals surface area contributed by atoms with Crippen molar-refractivity contribution in [3.63, 3.8) is 0 Å². The molecule has 0 bridgehead atoms. The minimum atomic E-state index is -0.331. The molecule has 0 saturated carbocycles. The number of aromatic nitrogens is 2. The Balaban J connectivity index is 1.24. The lowest BCUT2D eigenvalue weighted by atomic mass is 10.1. The Kier molecular flexibility index (Phi) is 5.74. The number of nitrogens with zero attached hydrogens (tertiary/aromatic N) is 3. The molecule has 1 aliphatic heterocycles. The van der Waals surface area contributed by atoms with Crippen LogP contribution in [0.15, 0.2) is 64.0 Å². The summed E-state index contributed by atoms with van der Waals surface area (Å²) in [6.07, 6.45) is 2.03. The van der Waals surface area contributed by atoms with Gasteiger partial charge in [0.2, 0.25) is 5.91 Å². The van der Waals surface area contributed by atoms with Crippen molar-refractivity contribution in [1.29, 1.82) is 0 Å². The molecule has 0 unspecified atom stereocenters. The summed E-state index contributed by atoms with van der Waals surface area (Å²) in [5, 5.41) is 6.97. The molecule has 3 aromatic rings. The number of carbonyl (C=O) groups is 3. The van der Waals surface area contributed by atoms with Crippen LogP contribution in [0.1, 0.15) is 33.6 Å². The Morgan fingerprint density at radius 1 is 0.935 bits per heavy atom. The molecule has 9 heteroatoms. The first-order valence-corrected chi connectivity index (χ1v) is 9.88. The van der Waals surface area contributed by atoms with Gasteiger partial charge < -0.3 is 9.73 Å². The number of furan rings is 1. The van der Waals surface area contributed by atoms with Gasteiger partial charge in [0.15, 0.2) is 5.76 Å². The largest absolute Gasteiger partial charge is 0.463 e. The van der Waals surface area contributed by atoms with E-state index in [4.69, 9.17) is 4.42 Å². The lowest BCUT2D eigenvalue weighted by molar-refractivity contribution is -0.121. The Labute approximate surface area is 177 Å². The maximum Gasteiger partial charge on any atom is 0.266 e. The predicted molar refractivity (Wildman–Crippen MR) is 110 cm³/mol. The lowest BCUT2D eigenvalue weighted by Gasteiger charge is -2.13. The number of nitrogens with one attached hydrogen (secondary N) is 1. The highest BCUT2D eigenvalue weighted by Crippen LogP contribution is 2.22. The van der Waals surface area contributed by atoms with Crippen molar-refractivity contribution in [2.75, 3.05) is 13.1 Å². The van der Waals surface area contributed by atoms with Gasteiger partial charge in [0.05, 0.1) is 23.9 Å². The molecule has 0 fully saturated rings. The van der Waals surface area contributed by atoms with Crippen LogP contribution in [0.25, 0.3) is 11.5 Å². The summed E-state index contributed by atoms with van der Waals surface area (Å²) in [6.45, 7) is 0.601. The SMILES string of the molecule is O=C(CCCN1C(=O)c2ccccc2C1=O)NCCn1nc(-c2ccco2)ccc1=O. The van der Waals surface area contributed by atoms with Crippen LogP contribution in [0, 0.1) is 0 Å². The fourth-order valence-corrected chi connectivity index (χ4v) is 3.39. The van der Waals surface area contributed by atoms with Crippen LogP contribution < -0.4 is 10.9 Å². The second-order valence-corrected chi connectivity index (χ2v) is 7.02. The van der Waals surface area contributed by atoms with Crippen LogP contribution >= 0.6 is 0 Å². The Morgan fingerprint density at radius 3 is 2.35 bits per heavy atom. The van der Waals surface area contributed by atoms with Gasteiger partial charge in [-0.25, -0.2) is 4.68 Å². The average Bonchev–Trinajstić information content (AvgIpc) is 3.39. The molecule has 1 aliphatic rings. The van der Waals surface area contributed by atoms with E-state index in [2.05, 4.69) is 10.4 Å². The van der Waals surface area contributed by atoms with Crippen LogP contribution in [-0.2, 0) is 11.3 Å². The highest BCUT2D eigenvalue weighted by atomic mass is 16.3. The molecule has 0 atom stereocenters.